The lowest BCUT2D eigenvalue weighted by Crippen LogP contribution is -2.23. The highest BCUT2D eigenvalue weighted by Crippen LogP contribution is 2.29. The first-order valence-corrected chi connectivity index (χ1v) is 11.7. The highest BCUT2D eigenvalue weighted by Gasteiger charge is 2.12. The van der Waals surface area contributed by atoms with Crippen LogP contribution in [-0.2, 0) is 6.61 Å². The second kappa shape index (κ2) is 9.29. The second-order valence-electron chi connectivity index (χ2n) is 7.74. The molecule has 8 heteroatoms. The Balaban J connectivity index is 1.41. The van der Waals surface area contributed by atoms with Gasteiger partial charge in [-0.1, -0.05) is 58.8 Å². The summed E-state index contributed by atoms with van der Waals surface area (Å²) in [5.74, 6) is 1.72. The number of nitrogens with zero attached hydrogens (tertiary/aromatic N) is 3. The molecule has 0 spiro atoms. The molecule has 0 saturated carbocycles. The average Bonchev–Trinajstić information content (AvgIpc) is 3.39. The lowest BCUT2D eigenvalue weighted by molar-refractivity contribution is 0.284. The topological polar surface area (TPSA) is 65.7 Å². The first kappa shape index (κ1) is 22.1. The van der Waals surface area contributed by atoms with Gasteiger partial charge in [0.25, 0.3) is 5.56 Å². The van der Waals surface area contributed by atoms with E-state index in [2.05, 4.69) is 29.1 Å². The van der Waals surface area contributed by atoms with Crippen LogP contribution in [0, 0.1) is 6.92 Å². The number of aryl methyl sites for hydroxylation is 1. The SMILES string of the molecule is COc1cc(/C=c2\sc3nc(-c4ccc(Cl)cc4)nn3c2=O)ccc1OCc1ccc(C)cc1. The quantitative estimate of drug-likeness (QED) is 0.339. The molecule has 0 amide bonds. The number of aromatic nitrogens is 3. The Morgan fingerprint density at radius 3 is 2.50 bits per heavy atom. The Labute approximate surface area is 204 Å². The molecule has 2 aromatic heterocycles. The van der Waals surface area contributed by atoms with Crippen LogP contribution in [0.25, 0.3) is 22.4 Å². The maximum atomic E-state index is 12.9. The number of methoxy groups -OCH3 is 1. The number of thiazole rings is 1. The van der Waals surface area contributed by atoms with Crippen LogP contribution >= 0.6 is 22.9 Å². The number of halogens is 1. The molecule has 5 rings (SSSR count). The molecule has 0 saturated heterocycles. The Morgan fingerprint density at radius 2 is 1.79 bits per heavy atom. The summed E-state index contributed by atoms with van der Waals surface area (Å²) in [6, 6.07) is 21.0. The fraction of sp³-hybridized carbons (Fsp3) is 0.115. The molecule has 3 aromatic carbocycles. The van der Waals surface area contributed by atoms with E-state index in [1.807, 2.05) is 42.5 Å². The number of benzene rings is 3. The molecule has 0 aliphatic carbocycles. The zero-order valence-corrected chi connectivity index (χ0v) is 20.1. The lowest BCUT2D eigenvalue weighted by atomic mass is 10.1. The summed E-state index contributed by atoms with van der Waals surface area (Å²) in [5.41, 5.74) is 3.68. The van der Waals surface area contributed by atoms with Gasteiger partial charge in [0.15, 0.2) is 17.3 Å². The van der Waals surface area contributed by atoms with Gasteiger partial charge in [0.2, 0.25) is 4.96 Å². The third-order valence-electron chi connectivity index (χ3n) is 5.28. The van der Waals surface area contributed by atoms with E-state index in [0.29, 0.717) is 38.4 Å². The molecule has 0 N–H and O–H groups in total. The molecular weight excluding hydrogens is 470 g/mol. The number of hydrogen-bond donors (Lipinski definition) is 0. The molecule has 0 radical (unpaired) electrons. The van der Waals surface area contributed by atoms with Gasteiger partial charge in [-0.15, -0.1) is 5.10 Å². The predicted octanol–water partition coefficient (Wildman–Crippen LogP) is 4.92. The zero-order valence-electron chi connectivity index (χ0n) is 18.5. The maximum absolute atomic E-state index is 12.9. The second-order valence-corrected chi connectivity index (χ2v) is 9.18. The van der Waals surface area contributed by atoms with Crippen LogP contribution in [0.4, 0.5) is 0 Å². The van der Waals surface area contributed by atoms with E-state index in [-0.39, 0.29) is 5.56 Å². The van der Waals surface area contributed by atoms with Crippen LogP contribution in [0.3, 0.4) is 0 Å². The van der Waals surface area contributed by atoms with Crippen LogP contribution < -0.4 is 19.6 Å². The van der Waals surface area contributed by atoms with E-state index in [1.54, 1.807) is 25.3 Å². The molecule has 2 heterocycles. The number of hydrogen-bond acceptors (Lipinski definition) is 6. The first-order chi connectivity index (χ1) is 16.5. The van der Waals surface area contributed by atoms with E-state index in [9.17, 15) is 4.79 Å². The average molecular weight is 490 g/mol. The summed E-state index contributed by atoms with van der Waals surface area (Å²) < 4.78 is 13.3. The Kier molecular flexibility index (Phi) is 6.04. The van der Waals surface area contributed by atoms with Gasteiger partial charge < -0.3 is 9.47 Å². The fourth-order valence-corrected chi connectivity index (χ4v) is 4.48. The number of ether oxygens (including phenoxy) is 2. The molecule has 0 unspecified atom stereocenters. The lowest BCUT2D eigenvalue weighted by Gasteiger charge is -2.11. The summed E-state index contributed by atoms with van der Waals surface area (Å²) in [4.78, 5) is 17.9. The van der Waals surface area contributed by atoms with Gasteiger partial charge in [-0.2, -0.15) is 9.50 Å². The molecular formula is C26H20ClN3O3S. The van der Waals surface area contributed by atoms with Crippen molar-refractivity contribution in [1.29, 1.82) is 0 Å². The van der Waals surface area contributed by atoms with Gasteiger partial charge in [-0.3, -0.25) is 4.79 Å². The van der Waals surface area contributed by atoms with Crippen molar-refractivity contribution in [2.45, 2.75) is 13.5 Å². The molecule has 0 aliphatic heterocycles. The Hall–Kier alpha value is -3.68. The van der Waals surface area contributed by atoms with Gasteiger partial charge in [-0.25, -0.2) is 0 Å². The van der Waals surface area contributed by atoms with Gasteiger partial charge in [0.1, 0.15) is 6.61 Å². The predicted molar refractivity (Wildman–Crippen MR) is 135 cm³/mol. The van der Waals surface area contributed by atoms with E-state index < -0.39 is 0 Å². The summed E-state index contributed by atoms with van der Waals surface area (Å²) in [6.45, 7) is 2.49. The van der Waals surface area contributed by atoms with Crippen molar-refractivity contribution in [2.75, 3.05) is 7.11 Å². The van der Waals surface area contributed by atoms with Crippen LogP contribution in [-0.4, -0.2) is 21.7 Å². The van der Waals surface area contributed by atoms with Crippen molar-refractivity contribution in [3.8, 4) is 22.9 Å². The van der Waals surface area contributed by atoms with E-state index in [4.69, 9.17) is 21.1 Å². The maximum Gasteiger partial charge on any atom is 0.291 e. The van der Waals surface area contributed by atoms with Crippen molar-refractivity contribution >= 4 is 34.0 Å². The highest BCUT2D eigenvalue weighted by molar-refractivity contribution is 7.15. The fourth-order valence-electron chi connectivity index (χ4n) is 3.44. The van der Waals surface area contributed by atoms with Gasteiger partial charge in [0, 0.05) is 10.6 Å². The Bertz CT molecular complexity index is 1580. The minimum atomic E-state index is -0.216. The van der Waals surface area contributed by atoms with E-state index >= 15 is 0 Å². The highest BCUT2D eigenvalue weighted by atomic mass is 35.5. The van der Waals surface area contributed by atoms with Crippen LogP contribution in [0.5, 0.6) is 11.5 Å². The van der Waals surface area contributed by atoms with Crippen LogP contribution in [0.2, 0.25) is 5.02 Å². The van der Waals surface area contributed by atoms with Crippen molar-refractivity contribution < 1.29 is 9.47 Å². The van der Waals surface area contributed by atoms with Crippen molar-refractivity contribution in [3.05, 3.63) is 103 Å². The normalized spacial score (nSPS) is 11.8. The summed E-state index contributed by atoms with van der Waals surface area (Å²) in [5, 5.41) is 5.01. The van der Waals surface area contributed by atoms with Crippen molar-refractivity contribution in [1.82, 2.24) is 14.6 Å². The largest absolute Gasteiger partial charge is 0.493 e. The summed E-state index contributed by atoms with van der Waals surface area (Å²) in [6.07, 6.45) is 1.80. The molecule has 34 heavy (non-hydrogen) atoms. The smallest absolute Gasteiger partial charge is 0.291 e. The summed E-state index contributed by atoms with van der Waals surface area (Å²) >= 11 is 7.23. The molecule has 0 atom stereocenters. The minimum Gasteiger partial charge on any atom is -0.493 e. The van der Waals surface area contributed by atoms with Crippen molar-refractivity contribution in [3.63, 3.8) is 0 Å². The number of rotatable bonds is 6. The van der Waals surface area contributed by atoms with Crippen LogP contribution in [0.15, 0.2) is 71.5 Å². The van der Waals surface area contributed by atoms with Gasteiger partial charge >= 0.3 is 0 Å². The number of fused-ring (bicyclic) bond motifs is 1. The third-order valence-corrected chi connectivity index (χ3v) is 6.50. The summed E-state index contributed by atoms with van der Waals surface area (Å²) in [7, 11) is 1.60. The monoisotopic (exact) mass is 489 g/mol. The molecule has 0 aliphatic rings. The van der Waals surface area contributed by atoms with E-state index in [1.165, 1.54) is 21.4 Å². The van der Waals surface area contributed by atoms with Crippen LogP contribution in [0.1, 0.15) is 16.7 Å². The van der Waals surface area contributed by atoms with E-state index in [0.717, 1.165) is 16.7 Å². The molecule has 170 valence electrons. The standard InChI is InChI=1S/C26H20ClN3O3S/c1-16-3-5-17(6-4-16)15-33-21-12-7-18(13-22(21)32-2)14-23-25(31)30-26(34-23)28-24(29-30)19-8-10-20(27)11-9-19/h3-14H,15H2,1-2H3/b23-14-. The minimum absolute atomic E-state index is 0.216. The Morgan fingerprint density at radius 1 is 1.03 bits per heavy atom. The first-order valence-electron chi connectivity index (χ1n) is 10.5. The van der Waals surface area contributed by atoms with Gasteiger partial charge in [-0.05, 0) is 60.5 Å². The molecule has 0 bridgehead atoms. The molecule has 6 nitrogen and oxygen atoms in total. The van der Waals surface area contributed by atoms with Gasteiger partial charge in [0.05, 0.1) is 11.6 Å². The third kappa shape index (κ3) is 4.53. The zero-order chi connectivity index (χ0) is 23.7. The van der Waals surface area contributed by atoms with Crippen molar-refractivity contribution in [2.24, 2.45) is 0 Å². The molecule has 5 aromatic rings. The molecule has 0 fully saturated rings.